The van der Waals surface area contributed by atoms with Crippen molar-refractivity contribution in [3.63, 3.8) is 0 Å². The number of amides is 1. The van der Waals surface area contributed by atoms with Gasteiger partial charge in [-0.1, -0.05) is 26.8 Å². The van der Waals surface area contributed by atoms with Crippen molar-refractivity contribution in [1.29, 1.82) is 0 Å². The van der Waals surface area contributed by atoms with E-state index in [1.54, 1.807) is 0 Å². The van der Waals surface area contributed by atoms with Crippen LogP contribution in [0.2, 0.25) is 0 Å². The molecular formula is C18H30N2O3. The van der Waals surface area contributed by atoms with Crippen LogP contribution in [-0.4, -0.2) is 31.7 Å². The molecule has 23 heavy (non-hydrogen) atoms. The first-order valence-electron chi connectivity index (χ1n) is 8.21. The van der Waals surface area contributed by atoms with Crippen molar-refractivity contribution in [2.24, 2.45) is 11.1 Å². The third kappa shape index (κ3) is 6.10. The predicted molar refractivity (Wildman–Crippen MR) is 92.9 cm³/mol. The van der Waals surface area contributed by atoms with E-state index in [1.165, 1.54) is 0 Å². The molecule has 0 bridgehead atoms. The van der Waals surface area contributed by atoms with Crippen molar-refractivity contribution < 1.29 is 14.3 Å². The summed E-state index contributed by atoms with van der Waals surface area (Å²) in [4.78, 5) is 12.0. The highest BCUT2D eigenvalue weighted by molar-refractivity contribution is 5.82. The summed E-state index contributed by atoms with van der Waals surface area (Å²) >= 11 is 0. The SMILES string of the molecule is CCOc1ccc(CCNC(=O)[C@@H](N)C(C)(C)C)cc1OCC. The van der Waals surface area contributed by atoms with Gasteiger partial charge in [-0.25, -0.2) is 0 Å². The van der Waals surface area contributed by atoms with E-state index >= 15 is 0 Å². The van der Waals surface area contributed by atoms with Gasteiger partial charge in [0.25, 0.3) is 0 Å². The van der Waals surface area contributed by atoms with Crippen LogP contribution in [0.3, 0.4) is 0 Å². The van der Waals surface area contributed by atoms with Gasteiger partial charge in [-0.05, 0) is 43.4 Å². The summed E-state index contributed by atoms with van der Waals surface area (Å²) in [6.45, 7) is 11.5. The Bertz CT molecular complexity index is 509. The highest BCUT2D eigenvalue weighted by Gasteiger charge is 2.26. The Morgan fingerprint density at radius 3 is 2.35 bits per heavy atom. The molecule has 1 rings (SSSR count). The Balaban J connectivity index is 2.61. The monoisotopic (exact) mass is 322 g/mol. The summed E-state index contributed by atoms with van der Waals surface area (Å²) < 4.78 is 11.2. The lowest BCUT2D eigenvalue weighted by molar-refractivity contribution is -0.124. The molecule has 1 amide bonds. The van der Waals surface area contributed by atoms with E-state index in [0.717, 1.165) is 23.5 Å². The zero-order chi connectivity index (χ0) is 17.5. The number of nitrogens with one attached hydrogen (secondary N) is 1. The van der Waals surface area contributed by atoms with Gasteiger partial charge in [-0.2, -0.15) is 0 Å². The summed E-state index contributed by atoms with van der Waals surface area (Å²) in [7, 11) is 0. The lowest BCUT2D eigenvalue weighted by Crippen LogP contribution is -2.48. The van der Waals surface area contributed by atoms with Crippen LogP contribution in [0.25, 0.3) is 0 Å². The number of benzene rings is 1. The van der Waals surface area contributed by atoms with Crippen LogP contribution in [0.15, 0.2) is 18.2 Å². The van der Waals surface area contributed by atoms with Gasteiger partial charge < -0.3 is 20.5 Å². The minimum Gasteiger partial charge on any atom is -0.490 e. The number of hydrogen-bond donors (Lipinski definition) is 2. The molecule has 1 atom stereocenters. The second-order valence-corrected chi connectivity index (χ2v) is 6.53. The van der Waals surface area contributed by atoms with Crippen molar-refractivity contribution in [3.05, 3.63) is 23.8 Å². The largest absolute Gasteiger partial charge is 0.490 e. The predicted octanol–water partition coefficient (Wildman–Crippen LogP) is 2.52. The molecule has 0 saturated heterocycles. The van der Waals surface area contributed by atoms with Crippen LogP contribution in [-0.2, 0) is 11.2 Å². The van der Waals surface area contributed by atoms with Crippen LogP contribution in [0.1, 0.15) is 40.2 Å². The third-order valence-corrected chi connectivity index (χ3v) is 3.54. The lowest BCUT2D eigenvalue weighted by Gasteiger charge is -2.25. The molecule has 0 aliphatic heterocycles. The molecule has 0 saturated carbocycles. The Kier molecular flexibility index (Phi) is 7.36. The van der Waals surface area contributed by atoms with Crippen LogP contribution < -0.4 is 20.5 Å². The Morgan fingerprint density at radius 2 is 1.78 bits per heavy atom. The third-order valence-electron chi connectivity index (χ3n) is 3.54. The number of ether oxygens (including phenoxy) is 2. The maximum Gasteiger partial charge on any atom is 0.237 e. The lowest BCUT2D eigenvalue weighted by atomic mass is 9.87. The molecule has 0 spiro atoms. The first-order valence-corrected chi connectivity index (χ1v) is 8.21. The highest BCUT2D eigenvalue weighted by Crippen LogP contribution is 2.28. The second kappa shape index (κ2) is 8.77. The van der Waals surface area contributed by atoms with Gasteiger partial charge in [0.2, 0.25) is 5.91 Å². The van der Waals surface area contributed by atoms with Crippen LogP contribution in [0.5, 0.6) is 11.5 Å². The summed E-state index contributed by atoms with van der Waals surface area (Å²) in [5, 5.41) is 2.89. The Morgan fingerprint density at radius 1 is 1.17 bits per heavy atom. The summed E-state index contributed by atoms with van der Waals surface area (Å²) in [5.74, 6) is 1.37. The van der Waals surface area contributed by atoms with Gasteiger partial charge in [0.15, 0.2) is 11.5 Å². The molecule has 5 heteroatoms. The fraction of sp³-hybridized carbons (Fsp3) is 0.611. The number of rotatable bonds is 8. The molecule has 0 radical (unpaired) electrons. The minimum atomic E-state index is -0.512. The van der Waals surface area contributed by atoms with E-state index in [0.29, 0.717) is 19.8 Å². The maximum absolute atomic E-state index is 12.0. The van der Waals surface area contributed by atoms with E-state index in [2.05, 4.69) is 5.32 Å². The maximum atomic E-state index is 12.0. The molecule has 0 aliphatic carbocycles. The molecule has 0 aromatic heterocycles. The van der Waals surface area contributed by atoms with Gasteiger partial charge in [0.05, 0.1) is 19.3 Å². The van der Waals surface area contributed by atoms with Gasteiger partial charge in [-0.15, -0.1) is 0 Å². The molecule has 0 aliphatic rings. The van der Waals surface area contributed by atoms with Gasteiger partial charge >= 0.3 is 0 Å². The molecule has 5 nitrogen and oxygen atoms in total. The topological polar surface area (TPSA) is 73.6 Å². The quantitative estimate of drug-likeness (QED) is 0.771. The van der Waals surface area contributed by atoms with E-state index < -0.39 is 6.04 Å². The number of hydrogen-bond acceptors (Lipinski definition) is 4. The fourth-order valence-corrected chi connectivity index (χ4v) is 2.08. The average Bonchev–Trinajstić information content (AvgIpc) is 2.48. The normalized spacial score (nSPS) is 12.6. The Labute approximate surface area is 139 Å². The van der Waals surface area contributed by atoms with Gasteiger partial charge in [-0.3, -0.25) is 4.79 Å². The molecule has 0 fully saturated rings. The number of carbonyl (C=O) groups is 1. The smallest absolute Gasteiger partial charge is 0.237 e. The van der Waals surface area contributed by atoms with E-state index in [-0.39, 0.29) is 11.3 Å². The van der Waals surface area contributed by atoms with E-state index in [4.69, 9.17) is 15.2 Å². The second-order valence-electron chi connectivity index (χ2n) is 6.53. The zero-order valence-electron chi connectivity index (χ0n) is 14.9. The van der Waals surface area contributed by atoms with Crippen LogP contribution in [0.4, 0.5) is 0 Å². The van der Waals surface area contributed by atoms with Gasteiger partial charge in [0.1, 0.15) is 0 Å². The van der Waals surface area contributed by atoms with Crippen molar-refractivity contribution in [3.8, 4) is 11.5 Å². The van der Waals surface area contributed by atoms with Gasteiger partial charge in [0, 0.05) is 6.54 Å². The van der Waals surface area contributed by atoms with Crippen molar-refractivity contribution >= 4 is 5.91 Å². The van der Waals surface area contributed by atoms with E-state index in [9.17, 15) is 4.79 Å². The van der Waals surface area contributed by atoms with Crippen molar-refractivity contribution in [2.75, 3.05) is 19.8 Å². The summed E-state index contributed by atoms with van der Waals surface area (Å²) in [5.41, 5.74) is 6.78. The molecule has 3 N–H and O–H groups in total. The number of nitrogens with two attached hydrogens (primary N) is 1. The zero-order valence-corrected chi connectivity index (χ0v) is 14.9. The van der Waals surface area contributed by atoms with Crippen molar-refractivity contribution in [1.82, 2.24) is 5.32 Å². The molecule has 130 valence electrons. The Hall–Kier alpha value is -1.75. The fourth-order valence-electron chi connectivity index (χ4n) is 2.08. The van der Waals surface area contributed by atoms with E-state index in [1.807, 2.05) is 52.8 Å². The molecular weight excluding hydrogens is 292 g/mol. The van der Waals surface area contributed by atoms with Crippen LogP contribution in [0, 0.1) is 5.41 Å². The highest BCUT2D eigenvalue weighted by atomic mass is 16.5. The first-order chi connectivity index (χ1) is 10.8. The minimum absolute atomic E-state index is 0.117. The average molecular weight is 322 g/mol. The standard InChI is InChI=1S/C18H30N2O3/c1-6-22-14-9-8-13(12-15(14)23-7-2)10-11-20-17(21)16(19)18(3,4)5/h8-9,12,16H,6-7,10-11,19H2,1-5H3,(H,20,21)/t16-/m1/s1. The van der Waals surface area contributed by atoms with Crippen molar-refractivity contribution in [2.45, 2.75) is 47.1 Å². The number of carbonyl (C=O) groups excluding carboxylic acids is 1. The molecule has 0 unspecified atom stereocenters. The molecule has 1 aromatic carbocycles. The molecule has 1 aromatic rings. The summed E-state index contributed by atoms with van der Waals surface area (Å²) in [6.07, 6.45) is 0.717. The summed E-state index contributed by atoms with van der Waals surface area (Å²) in [6, 6.07) is 5.35. The van der Waals surface area contributed by atoms with Crippen LogP contribution >= 0.6 is 0 Å². The molecule has 0 heterocycles. The first kappa shape index (κ1) is 19.3.